The Morgan fingerprint density at radius 1 is 1.37 bits per heavy atom. The SMILES string of the molecule is Cc1ccc2sc(NC3CCCC(C)(C)C3)nc2c1. The van der Waals surface area contributed by atoms with Crippen molar-refractivity contribution in [1.29, 1.82) is 0 Å². The smallest absolute Gasteiger partial charge is 0.184 e. The molecular formula is C16H22N2S. The minimum Gasteiger partial charge on any atom is -0.359 e. The highest BCUT2D eigenvalue weighted by molar-refractivity contribution is 7.22. The van der Waals surface area contributed by atoms with Crippen molar-refractivity contribution in [3.8, 4) is 0 Å². The molecule has 1 aromatic heterocycles. The molecule has 0 radical (unpaired) electrons. The molecule has 0 aliphatic heterocycles. The number of nitrogens with one attached hydrogen (secondary N) is 1. The zero-order valence-electron chi connectivity index (χ0n) is 12.0. The fourth-order valence-electron chi connectivity index (χ4n) is 3.10. The summed E-state index contributed by atoms with van der Waals surface area (Å²) in [4.78, 5) is 4.72. The maximum atomic E-state index is 4.72. The highest BCUT2D eigenvalue weighted by atomic mass is 32.1. The second-order valence-electron chi connectivity index (χ2n) is 6.59. The number of benzene rings is 1. The third-order valence-electron chi connectivity index (χ3n) is 4.08. The summed E-state index contributed by atoms with van der Waals surface area (Å²) < 4.78 is 1.28. The van der Waals surface area contributed by atoms with Crippen LogP contribution in [0.25, 0.3) is 10.2 Å². The molecule has 3 rings (SSSR count). The normalized spacial score (nSPS) is 22.6. The quantitative estimate of drug-likeness (QED) is 0.835. The monoisotopic (exact) mass is 274 g/mol. The molecule has 0 bridgehead atoms. The van der Waals surface area contributed by atoms with Gasteiger partial charge in [-0.15, -0.1) is 0 Å². The third kappa shape index (κ3) is 2.92. The number of thiazole rings is 1. The van der Waals surface area contributed by atoms with E-state index in [0.717, 1.165) is 10.6 Å². The molecule has 1 atom stereocenters. The number of rotatable bonds is 2. The number of hydrogen-bond donors (Lipinski definition) is 1. The molecule has 102 valence electrons. The molecule has 0 saturated heterocycles. The topological polar surface area (TPSA) is 24.9 Å². The van der Waals surface area contributed by atoms with Gasteiger partial charge < -0.3 is 5.32 Å². The van der Waals surface area contributed by atoms with Crippen LogP contribution in [0.15, 0.2) is 18.2 Å². The minimum absolute atomic E-state index is 0.475. The summed E-state index contributed by atoms with van der Waals surface area (Å²) in [6.07, 6.45) is 5.21. The Morgan fingerprint density at radius 2 is 2.21 bits per heavy atom. The zero-order valence-corrected chi connectivity index (χ0v) is 12.8. The molecule has 0 amide bonds. The Morgan fingerprint density at radius 3 is 3.00 bits per heavy atom. The number of fused-ring (bicyclic) bond motifs is 1. The summed E-state index contributed by atoms with van der Waals surface area (Å²) in [5.41, 5.74) is 2.88. The number of anilines is 1. The summed E-state index contributed by atoms with van der Waals surface area (Å²) >= 11 is 1.78. The molecule has 1 saturated carbocycles. The van der Waals surface area contributed by atoms with Gasteiger partial charge in [0.25, 0.3) is 0 Å². The molecule has 1 aromatic carbocycles. The van der Waals surface area contributed by atoms with Crippen LogP contribution >= 0.6 is 11.3 Å². The Hall–Kier alpha value is -1.09. The van der Waals surface area contributed by atoms with Crippen LogP contribution in [0.4, 0.5) is 5.13 Å². The Kier molecular flexibility index (Phi) is 3.25. The number of hydrogen-bond acceptors (Lipinski definition) is 3. The number of aromatic nitrogens is 1. The lowest BCUT2D eigenvalue weighted by molar-refractivity contribution is 0.229. The first-order valence-electron chi connectivity index (χ1n) is 7.16. The number of aryl methyl sites for hydroxylation is 1. The van der Waals surface area contributed by atoms with E-state index in [2.05, 4.69) is 44.3 Å². The minimum atomic E-state index is 0.475. The summed E-state index contributed by atoms with van der Waals surface area (Å²) in [5.74, 6) is 0. The van der Waals surface area contributed by atoms with E-state index >= 15 is 0 Å². The van der Waals surface area contributed by atoms with Crippen LogP contribution in [0.2, 0.25) is 0 Å². The van der Waals surface area contributed by atoms with Crippen LogP contribution < -0.4 is 5.32 Å². The highest BCUT2D eigenvalue weighted by Gasteiger charge is 2.28. The molecule has 1 heterocycles. The van der Waals surface area contributed by atoms with Crippen LogP contribution in [0, 0.1) is 12.3 Å². The van der Waals surface area contributed by atoms with Crippen molar-refractivity contribution in [1.82, 2.24) is 4.98 Å². The molecule has 2 nitrogen and oxygen atoms in total. The predicted octanol–water partition coefficient (Wildman–Crippen LogP) is 4.99. The Bertz CT molecular complexity index is 585. The van der Waals surface area contributed by atoms with Gasteiger partial charge in [-0.25, -0.2) is 4.98 Å². The third-order valence-corrected chi connectivity index (χ3v) is 5.04. The Labute approximate surface area is 119 Å². The van der Waals surface area contributed by atoms with Gasteiger partial charge in [-0.3, -0.25) is 0 Å². The predicted molar refractivity (Wildman–Crippen MR) is 84.0 cm³/mol. The lowest BCUT2D eigenvalue weighted by atomic mass is 9.75. The standard InChI is InChI=1S/C16H22N2S/c1-11-6-7-14-13(9-11)18-15(19-14)17-12-5-4-8-16(2,3)10-12/h6-7,9,12H,4-5,8,10H2,1-3H3,(H,17,18). The molecule has 3 heteroatoms. The maximum Gasteiger partial charge on any atom is 0.184 e. The zero-order chi connectivity index (χ0) is 13.5. The first kappa shape index (κ1) is 12.9. The van der Waals surface area contributed by atoms with Gasteiger partial charge in [0.15, 0.2) is 5.13 Å². The largest absolute Gasteiger partial charge is 0.359 e. The molecule has 2 aromatic rings. The first-order valence-corrected chi connectivity index (χ1v) is 7.97. The molecule has 1 unspecified atom stereocenters. The molecule has 0 spiro atoms. The van der Waals surface area contributed by atoms with Crippen molar-refractivity contribution in [3.05, 3.63) is 23.8 Å². The van der Waals surface area contributed by atoms with Crippen molar-refractivity contribution in [2.45, 2.75) is 52.5 Å². The highest BCUT2D eigenvalue weighted by Crippen LogP contribution is 2.37. The maximum absolute atomic E-state index is 4.72. The van der Waals surface area contributed by atoms with E-state index in [1.54, 1.807) is 11.3 Å². The van der Waals surface area contributed by atoms with E-state index in [4.69, 9.17) is 4.98 Å². The van der Waals surface area contributed by atoms with E-state index in [0.29, 0.717) is 11.5 Å². The summed E-state index contributed by atoms with van der Waals surface area (Å²) in [5, 5.41) is 4.74. The van der Waals surface area contributed by atoms with Crippen LogP contribution in [0.5, 0.6) is 0 Å². The second-order valence-corrected chi connectivity index (χ2v) is 7.62. The van der Waals surface area contributed by atoms with Crippen molar-refractivity contribution in [2.75, 3.05) is 5.32 Å². The van der Waals surface area contributed by atoms with Crippen LogP contribution in [-0.4, -0.2) is 11.0 Å². The number of nitrogens with zero attached hydrogens (tertiary/aromatic N) is 1. The molecular weight excluding hydrogens is 252 g/mol. The van der Waals surface area contributed by atoms with E-state index in [1.807, 2.05) is 0 Å². The van der Waals surface area contributed by atoms with Gasteiger partial charge in [-0.1, -0.05) is 37.7 Å². The van der Waals surface area contributed by atoms with Crippen LogP contribution in [0.3, 0.4) is 0 Å². The summed E-state index contributed by atoms with van der Waals surface area (Å²) in [6.45, 7) is 6.88. The molecule has 19 heavy (non-hydrogen) atoms. The van der Waals surface area contributed by atoms with Gasteiger partial charge >= 0.3 is 0 Å². The lowest BCUT2D eigenvalue weighted by Gasteiger charge is -2.35. The molecule has 1 fully saturated rings. The van der Waals surface area contributed by atoms with Gasteiger partial charge in [0.05, 0.1) is 10.2 Å². The molecule has 1 aliphatic rings. The van der Waals surface area contributed by atoms with Gasteiger partial charge in [-0.2, -0.15) is 0 Å². The average molecular weight is 274 g/mol. The lowest BCUT2D eigenvalue weighted by Crippen LogP contribution is -2.31. The van der Waals surface area contributed by atoms with Gasteiger partial charge in [0.2, 0.25) is 0 Å². The van der Waals surface area contributed by atoms with Crippen LogP contribution in [0.1, 0.15) is 45.1 Å². The fraction of sp³-hybridized carbons (Fsp3) is 0.562. The second kappa shape index (κ2) is 4.78. The van der Waals surface area contributed by atoms with E-state index < -0.39 is 0 Å². The summed E-state index contributed by atoms with van der Waals surface area (Å²) in [7, 11) is 0. The van der Waals surface area contributed by atoms with Crippen molar-refractivity contribution in [2.24, 2.45) is 5.41 Å². The van der Waals surface area contributed by atoms with E-state index in [9.17, 15) is 0 Å². The van der Waals surface area contributed by atoms with Crippen LogP contribution in [-0.2, 0) is 0 Å². The van der Waals surface area contributed by atoms with Crippen molar-refractivity contribution in [3.63, 3.8) is 0 Å². The molecule has 1 N–H and O–H groups in total. The van der Waals surface area contributed by atoms with Crippen molar-refractivity contribution >= 4 is 26.7 Å². The Balaban J connectivity index is 1.77. The fourth-order valence-corrected chi connectivity index (χ4v) is 4.02. The molecule has 1 aliphatic carbocycles. The summed E-state index contributed by atoms with van der Waals surface area (Å²) in [6, 6.07) is 7.10. The average Bonchev–Trinajstić information content (AvgIpc) is 2.68. The van der Waals surface area contributed by atoms with Gasteiger partial charge in [0, 0.05) is 6.04 Å². The van der Waals surface area contributed by atoms with E-state index in [-0.39, 0.29) is 0 Å². The first-order chi connectivity index (χ1) is 9.02. The van der Waals surface area contributed by atoms with Gasteiger partial charge in [0.1, 0.15) is 0 Å². The van der Waals surface area contributed by atoms with Gasteiger partial charge in [-0.05, 0) is 49.3 Å². The van der Waals surface area contributed by atoms with E-state index in [1.165, 1.54) is 35.9 Å². The van der Waals surface area contributed by atoms with Crippen molar-refractivity contribution < 1.29 is 0 Å².